The van der Waals surface area contributed by atoms with Crippen LogP contribution in [0, 0.1) is 0 Å². The Balaban J connectivity index is 2.77. The first kappa shape index (κ1) is 9.93. The summed E-state index contributed by atoms with van der Waals surface area (Å²) in [5, 5.41) is 9.92. The van der Waals surface area contributed by atoms with Gasteiger partial charge in [-0.15, -0.1) is 0 Å². The number of benzene rings is 1. The Bertz CT molecular complexity index is 500. The van der Waals surface area contributed by atoms with Crippen LogP contribution in [0.25, 0.3) is 10.9 Å². The second-order valence-electron chi connectivity index (χ2n) is 3.53. The van der Waals surface area contributed by atoms with Crippen molar-refractivity contribution in [3.05, 3.63) is 35.5 Å². The fourth-order valence-electron chi connectivity index (χ4n) is 2.02. The van der Waals surface area contributed by atoms with Crippen LogP contribution in [0.1, 0.15) is 16.1 Å². The van der Waals surface area contributed by atoms with Crippen molar-refractivity contribution < 1.29 is 9.90 Å². The zero-order chi connectivity index (χ0) is 10.8. The first-order valence-electron chi connectivity index (χ1n) is 4.92. The van der Waals surface area contributed by atoms with Crippen molar-refractivity contribution in [1.82, 2.24) is 4.57 Å². The third kappa shape index (κ3) is 1.45. The molecule has 0 spiro atoms. The van der Waals surface area contributed by atoms with E-state index in [1.165, 1.54) is 0 Å². The van der Waals surface area contributed by atoms with Crippen LogP contribution in [0.2, 0.25) is 0 Å². The number of aryl methyl sites for hydroxylation is 1. The first-order chi connectivity index (χ1) is 7.29. The molecule has 0 unspecified atom stereocenters. The number of nitrogens with zero attached hydrogens (tertiary/aromatic N) is 1. The highest BCUT2D eigenvalue weighted by atomic mass is 16.3. The van der Waals surface area contributed by atoms with Crippen molar-refractivity contribution in [1.29, 1.82) is 0 Å². The average Bonchev–Trinajstić information content (AvgIpc) is 2.54. The molecule has 0 aliphatic heterocycles. The predicted octanol–water partition coefficient (Wildman–Crippen LogP) is 1.53. The molecule has 0 fully saturated rings. The molecule has 1 aromatic heterocycles. The Morgan fingerprint density at radius 1 is 1.40 bits per heavy atom. The summed E-state index contributed by atoms with van der Waals surface area (Å²) < 4.78 is 1.97. The zero-order valence-corrected chi connectivity index (χ0v) is 8.60. The van der Waals surface area contributed by atoms with Gasteiger partial charge >= 0.3 is 0 Å². The number of aliphatic hydroxyl groups is 1. The molecule has 0 aliphatic carbocycles. The zero-order valence-electron chi connectivity index (χ0n) is 8.60. The molecule has 2 rings (SSSR count). The van der Waals surface area contributed by atoms with E-state index < -0.39 is 0 Å². The van der Waals surface area contributed by atoms with Crippen molar-refractivity contribution in [3.8, 4) is 0 Å². The number of aliphatic hydroxyl groups excluding tert-OH is 1. The summed E-state index contributed by atoms with van der Waals surface area (Å²) in [5.41, 5.74) is 2.62. The molecule has 0 amide bonds. The average molecular weight is 203 g/mol. The molecule has 0 saturated carbocycles. The Kier molecular flexibility index (Phi) is 2.56. The fraction of sp³-hybridized carbons (Fsp3) is 0.250. The van der Waals surface area contributed by atoms with Crippen molar-refractivity contribution in [3.63, 3.8) is 0 Å². The predicted molar refractivity (Wildman–Crippen MR) is 59.1 cm³/mol. The Morgan fingerprint density at radius 2 is 2.13 bits per heavy atom. The van der Waals surface area contributed by atoms with Gasteiger partial charge < -0.3 is 9.67 Å². The lowest BCUT2D eigenvalue weighted by Gasteiger charge is -2.02. The largest absolute Gasteiger partial charge is 0.396 e. The highest BCUT2D eigenvalue weighted by Gasteiger charge is 2.12. The van der Waals surface area contributed by atoms with Gasteiger partial charge in [-0.05, 0) is 6.07 Å². The normalized spacial score (nSPS) is 10.8. The van der Waals surface area contributed by atoms with Gasteiger partial charge in [0.1, 0.15) is 0 Å². The van der Waals surface area contributed by atoms with E-state index in [2.05, 4.69) is 0 Å². The number of aromatic nitrogens is 1. The van der Waals surface area contributed by atoms with Crippen molar-refractivity contribution in [2.75, 3.05) is 6.61 Å². The smallest absolute Gasteiger partial charge is 0.152 e. The quantitative estimate of drug-likeness (QED) is 0.768. The maximum atomic E-state index is 11.0. The summed E-state index contributed by atoms with van der Waals surface area (Å²) in [6.07, 6.45) is 1.38. The van der Waals surface area contributed by atoms with E-state index in [4.69, 9.17) is 5.11 Å². The van der Waals surface area contributed by atoms with Crippen LogP contribution < -0.4 is 0 Å². The third-order valence-corrected chi connectivity index (χ3v) is 2.74. The summed E-state index contributed by atoms with van der Waals surface area (Å²) in [5.74, 6) is 0. The minimum atomic E-state index is 0.0605. The second kappa shape index (κ2) is 3.87. The monoisotopic (exact) mass is 203 g/mol. The molecule has 0 saturated heterocycles. The molecule has 3 heteroatoms. The van der Waals surface area contributed by atoms with E-state index in [9.17, 15) is 4.79 Å². The molecule has 78 valence electrons. The lowest BCUT2D eigenvalue weighted by Crippen LogP contribution is -2.01. The molecule has 1 N–H and O–H groups in total. The van der Waals surface area contributed by atoms with Gasteiger partial charge in [-0.1, -0.05) is 18.2 Å². The van der Waals surface area contributed by atoms with Crippen molar-refractivity contribution >= 4 is 17.2 Å². The molecule has 15 heavy (non-hydrogen) atoms. The van der Waals surface area contributed by atoms with Gasteiger partial charge in [0.15, 0.2) is 6.29 Å². The van der Waals surface area contributed by atoms with E-state index in [1.54, 1.807) is 0 Å². The molecule has 0 aliphatic rings. The summed E-state index contributed by atoms with van der Waals surface area (Å²) in [7, 11) is 1.92. The fourth-order valence-corrected chi connectivity index (χ4v) is 2.02. The van der Waals surface area contributed by atoms with E-state index >= 15 is 0 Å². The van der Waals surface area contributed by atoms with Gasteiger partial charge in [0, 0.05) is 42.2 Å². The lowest BCUT2D eigenvalue weighted by molar-refractivity contribution is 0.112. The maximum Gasteiger partial charge on any atom is 0.152 e. The summed E-state index contributed by atoms with van der Waals surface area (Å²) in [6.45, 7) is 0.0605. The number of hydrogen-bond donors (Lipinski definition) is 1. The van der Waals surface area contributed by atoms with Gasteiger partial charge in [0.25, 0.3) is 0 Å². The van der Waals surface area contributed by atoms with Crippen LogP contribution in [0.4, 0.5) is 0 Å². The second-order valence-corrected chi connectivity index (χ2v) is 3.53. The summed E-state index contributed by atoms with van der Waals surface area (Å²) in [6, 6.07) is 7.76. The van der Waals surface area contributed by atoms with E-state index in [0.29, 0.717) is 12.0 Å². The van der Waals surface area contributed by atoms with Gasteiger partial charge in [-0.25, -0.2) is 0 Å². The highest BCUT2D eigenvalue weighted by molar-refractivity contribution is 5.99. The van der Waals surface area contributed by atoms with Crippen molar-refractivity contribution in [2.45, 2.75) is 6.42 Å². The number of carbonyl (C=O) groups excluding carboxylic acids is 1. The number of carbonyl (C=O) groups is 1. The van der Waals surface area contributed by atoms with E-state index in [-0.39, 0.29) is 6.61 Å². The van der Waals surface area contributed by atoms with Crippen LogP contribution in [-0.4, -0.2) is 22.6 Å². The Labute approximate surface area is 87.9 Å². The SMILES string of the molecule is Cn1c(CCO)c(C=O)c2ccccc21. The molecule has 0 bridgehead atoms. The molecule has 2 aromatic rings. The number of para-hydroxylation sites is 1. The van der Waals surface area contributed by atoms with Crippen LogP contribution in [0.5, 0.6) is 0 Å². The lowest BCUT2D eigenvalue weighted by atomic mass is 10.1. The molecule has 0 radical (unpaired) electrons. The minimum Gasteiger partial charge on any atom is -0.396 e. The molecule has 3 nitrogen and oxygen atoms in total. The van der Waals surface area contributed by atoms with Crippen LogP contribution in [0.15, 0.2) is 24.3 Å². The number of hydrogen-bond acceptors (Lipinski definition) is 2. The Hall–Kier alpha value is -1.61. The molecule has 1 heterocycles. The topological polar surface area (TPSA) is 42.2 Å². The number of rotatable bonds is 3. The molecule has 1 aromatic carbocycles. The minimum absolute atomic E-state index is 0.0605. The number of aldehydes is 1. The molecular formula is C12H13NO2. The van der Waals surface area contributed by atoms with Crippen molar-refractivity contribution in [2.24, 2.45) is 7.05 Å². The summed E-state index contributed by atoms with van der Waals surface area (Å²) >= 11 is 0. The Morgan fingerprint density at radius 3 is 2.80 bits per heavy atom. The van der Waals surface area contributed by atoms with Crippen LogP contribution in [0.3, 0.4) is 0 Å². The highest BCUT2D eigenvalue weighted by Crippen LogP contribution is 2.23. The van der Waals surface area contributed by atoms with Gasteiger partial charge in [0.05, 0.1) is 0 Å². The van der Waals surface area contributed by atoms with Crippen LogP contribution >= 0.6 is 0 Å². The molecular weight excluding hydrogens is 190 g/mol. The maximum absolute atomic E-state index is 11.0. The van der Waals surface area contributed by atoms with Crippen LogP contribution in [-0.2, 0) is 13.5 Å². The van der Waals surface area contributed by atoms with Gasteiger partial charge in [-0.3, -0.25) is 4.79 Å². The van der Waals surface area contributed by atoms with Gasteiger partial charge in [0.2, 0.25) is 0 Å². The van der Waals surface area contributed by atoms with E-state index in [0.717, 1.165) is 22.9 Å². The van der Waals surface area contributed by atoms with E-state index in [1.807, 2.05) is 35.9 Å². The molecule has 0 atom stereocenters. The third-order valence-electron chi connectivity index (χ3n) is 2.74. The summed E-state index contributed by atoms with van der Waals surface area (Å²) in [4.78, 5) is 11.0. The standard InChI is InChI=1S/C12H13NO2/c1-13-11-5-3-2-4-9(11)10(8-15)12(13)6-7-14/h2-5,8,14H,6-7H2,1H3. The van der Waals surface area contributed by atoms with Gasteiger partial charge in [-0.2, -0.15) is 0 Å². The first-order valence-corrected chi connectivity index (χ1v) is 4.92. The number of fused-ring (bicyclic) bond motifs is 1.